The highest BCUT2D eigenvalue weighted by molar-refractivity contribution is 7.89. The summed E-state index contributed by atoms with van der Waals surface area (Å²) in [4.78, 5) is 4.17. The second-order valence-corrected chi connectivity index (χ2v) is 6.22. The number of nitrogens with one attached hydrogen (secondary N) is 1. The SMILES string of the molecule is Cc1cc(F)cc(C)c1S(=O)(=O)NCc1ccccn1. The number of aryl methyl sites for hydroxylation is 2. The van der Waals surface area contributed by atoms with Crippen LogP contribution in [-0.2, 0) is 16.6 Å². The highest BCUT2D eigenvalue weighted by Gasteiger charge is 2.20. The van der Waals surface area contributed by atoms with Gasteiger partial charge >= 0.3 is 0 Å². The largest absolute Gasteiger partial charge is 0.260 e. The molecule has 1 N–H and O–H groups in total. The van der Waals surface area contributed by atoms with Gasteiger partial charge in [-0.05, 0) is 49.2 Å². The molecule has 0 bridgehead atoms. The van der Waals surface area contributed by atoms with E-state index in [1.54, 1.807) is 38.2 Å². The average Bonchev–Trinajstić information content (AvgIpc) is 2.36. The highest BCUT2D eigenvalue weighted by Crippen LogP contribution is 2.21. The lowest BCUT2D eigenvalue weighted by atomic mass is 10.1. The van der Waals surface area contributed by atoms with E-state index in [0.29, 0.717) is 16.8 Å². The maximum Gasteiger partial charge on any atom is 0.241 e. The fraction of sp³-hybridized carbons (Fsp3) is 0.214. The van der Waals surface area contributed by atoms with Crippen LogP contribution in [0, 0.1) is 19.7 Å². The van der Waals surface area contributed by atoms with Crippen molar-refractivity contribution in [2.45, 2.75) is 25.3 Å². The average molecular weight is 294 g/mol. The number of sulfonamides is 1. The molecule has 106 valence electrons. The number of hydrogen-bond donors (Lipinski definition) is 1. The zero-order valence-electron chi connectivity index (χ0n) is 11.2. The lowest BCUT2D eigenvalue weighted by Gasteiger charge is -2.12. The molecule has 0 aliphatic rings. The molecule has 0 atom stereocenters. The van der Waals surface area contributed by atoms with E-state index in [1.165, 1.54) is 12.1 Å². The van der Waals surface area contributed by atoms with Gasteiger partial charge in [-0.25, -0.2) is 17.5 Å². The van der Waals surface area contributed by atoms with Crippen LogP contribution in [-0.4, -0.2) is 13.4 Å². The van der Waals surface area contributed by atoms with E-state index in [2.05, 4.69) is 9.71 Å². The predicted octanol–water partition coefficient (Wildman–Crippen LogP) is 2.32. The van der Waals surface area contributed by atoms with E-state index in [-0.39, 0.29) is 11.4 Å². The molecule has 6 heteroatoms. The van der Waals surface area contributed by atoms with Gasteiger partial charge in [0.15, 0.2) is 0 Å². The molecule has 4 nitrogen and oxygen atoms in total. The van der Waals surface area contributed by atoms with E-state index >= 15 is 0 Å². The first-order chi connectivity index (χ1) is 9.40. The van der Waals surface area contributed by atoms with Gasteiger partial charge in [-0.3, -0.25) is 4.98 Å². The Bertz CT molecular complexity index is 692. The topological polar surface area (TPSA) is 59.1 Å². The Morgan fingerprint density at radius 3 is 2.40 bits per heavy atom. The van der Waals surface area contributed by atoms with Crippen molar-refractivity contribution >= 4 is 10.0 Å². The Balaban J connectivity index is 2.28. The summed E-state index contributed by atoms with van der Waals surface area (Å²) in [5.41, 5.74) is 1.39. The van der Waals surface area contributed by atoms with Gasteiger partial charge < -0.3 is 0 Å². The van der Waals surface area contributed by atoms with E-state index in [9.17, 15) is 12.8 Å². The van der Waals surface area contributed by atoms with E-state index in [1.807, 2.05) is 0 Å². The number of pyridine rings is 1. The first kappa shape index (κ1) is 14.6. The Labute approximate surface area is 117 Å². The summed E-state index contributed by atoms with van der Waals surface area (Å²) in [6.07, 6.45) is 1.60. The molecule has 0 unspecified atom stereocenters. The molecule has 0 saturated carbocycles. The minimum absolute atomic E-state index is 0.0967. The van der Waals surface area contributed by atoms with E-state index in [0.717, 1.165) is 0 Å². The number of aromatic nitrogens is 1. The Hall–Kier alpha value is -1.79. The Morgan fingerprint density at radius 1 is 1.20 bits per heavy atom. The third-order valence-electron chi connectivity index (χ3n) is 2.86. The minimum Gasteiger partial charge on any atom is -0.260 e. The molecule has 0 aliphatic carbocycles. The van der Waals surface area contributed by atoms with Crippen LogP contribution in [0.25, 0.3) is 0 Å². The zero-order valence-corrected chi connectivity index (χ0v) is 12.0. The number of rotatable bonds is 4. The van der Waals surface area contributed by atoms with Crippen molar-refractivity contribution in [2.75, 3.05) is 0 Å². The molecule has 2 aromatic rings. The van der Waals surface area contributed by atoms with Crippen LogP contribution in [0.15, 0.2) is 41.4 Å². The number of benzene rings is 1. The maximum absolute atomic E-state index is 13.2. The Kier molecular flexibility index (Phi) is 4.15. The molecular formula is C14H15FN2O2S. The predicted molar refractivity (Wildman–Crippen MR) is 74.1 cm³/mol. The summed E-state index contributed by atoms with van der Waals surface area (Å²) in [5.74, 6) is -0.441. The van der Waals surface area contributed by atoms with Crippen molar-refractivity contribution in [3.63, 3.8) is 0 Å². The van der Waals surface area contributed by atoms with Gasteiger partial charge in [-0.2, -0.15) is 0 Å². The van der Waals surface area contributed by atoms with Gasteiger partial charge in [-0.1, -0.05) is 6.07 Å². The monoisotopic (exact) mass is 294 g/mol. The summed E-state index contributed by atoms with van der Waals surface area (Å²) in [7, 11) is -3.69. The number of nitrogens with zero attached hydrogens (tertiary/aromatic N) is 1. The standard InChI is InChI=1S/C14H15FN2O2S/c1-10-7-12(15)8-11(2)14(10)20(18,19)17-9-13-5-3-4-6-16-13/h3-8,17H,9H2,1-2H3. The number of halogens is 1. The van der Waals surface area contributed by atoms with Crippen molar-refractivity contribution in [1.82, 2.24) is 9.71 Å². The molecule has 0 radical (unpaired) electrons. The second kappa shape index (κ2) is 5.68. The molecule has 1 heterocycles. The van der Waals surface area contributed by atoms with Crippen molar-refractivity contribution in [3.8, 4) is 0 Å². The van der Waals surface area contributed by atoms with Crippen LogP contribution < -0.4 is 4.72 Å². The van der Waals surface area contributed by atoms with Crippen LogP contribution in [0.3, 0.4) is 0 Å². The molecular weight excluding hydrogens is 279 g/mol. The van der Waals surface area contributed by atoms with Gasteiger partial charge in [0, 0.05) is 6.20 Å². The van der Waals surface area contributed by atoms with Crippen molar-refractivity contribution in [1.29, 1.82) is 0 Å². The van der Waals surface area contributed by atoms with Crippen molar-refractivity contribution < 1.29 is 12.8 Å². The third-order valence-corrected chi connectivity index (χ3v) is 4.57. The molecule has 0 amide bonds. The summed E-state index contributed by atoms with van der Waals surface area (Å²) >= 11 is 0. The van der Waals surface area contributed by atoms with Crippen molar-refractivity contribution in [3.05, 3.63) is 59.2 Å². The zero-order chi connectivity index (χ0) is 14.8. The highest BCUT2D eigenvalue weighted by atomic mass is 32.2. The summed E-state index contributed by atoms with van der Waals surface area (Å²) in [6, 6.07) is 7.69. The van der Waals surface area contributed by atoms with Gasteiger partial charge in [0.1, 0.15) is 5.82 Å². The molecule has 0 fully saturated rings. The van der Waals surface area contributed by atoms with E-state index < -0.39 is 15.8 Å². The Morgan fingerprint density at radius 2 is 1.85 bits per heavy atom. The molecule has 1 aromatic heterocycles. The fourth-order valence-electron chi connectivity index (χ4n) is 2.07. The second-order valence-electron chi connectivity index (χ2n) is 4.51. The smallest absolute Gasteiger partial charge is 0.241 e. The maximum atomic E-state index is 13.2. The van der Waals surface area contributed by atoms with Crippen LogP contribution in [0.4, 0.5) is 4.39 Å². The third kappa shape index (κ3) is 3.20. The summed E-state index contributed by atoms with van der Waals surface area (Å²) < 4.78 is 40.3. The molecule has 20 heavy (non-hydrogen) atoms. The van der Waals surface area contributed by atoms with Gasteiger partial charge in [0.05, 0.1) is 17.1 Å². The molecule has 0 saturated heterocycles. The van der Waals surface area contributed by atoms with Gasteiger partial charge in [0.25, 0.3) is 0 Å². The summed E-state index contributed by atoms with van der Waals surface area (Å²) in [6.45, 7) is 3.25. The first-order valence-corrected chi connectivity index (χ1v) is 7.55. The lowest BCUT2D eigenvalue weighted by molar-refractivity contribution is 0.577. The number of hydrogen-bond acceptors (Lipinski definition) is 3. The first-order valence-electron chi connectivity index (χ1n) is 6.06. The van der Waals surface area contributed by atoms with Gasteiger partial charge in [-0.15, -0.1) is 0 Å². The van der Waals surface area contributed by atoms with E-state index in [4.69, 9.17) is 0 Å². The molecule has 0 spiro atoms. The minimum atomic E-state index is -3.69. The molecule has 2 rings (SSSR count). The quantitative estimate of drug-likeness (QED) is 0.941. The van der Waals surface area contributed by atoms with Crippen LogP contribution in [0.5, 0.6) is 0 Å². The normalized spacial score (nSPS) is 11.6. The summed E-state index contributed by atoms with van der Waals surface area (Å²) in [5, 5.41) is 0. The molecule has 1 aromatic carbocycles. The van der Waals surface area contributed by atoms with Crippen LogP contribution in [0.1, 0.15) is 16.8 Å². The van der Waals surface area contributed by atoms with Gasteiger partial charge in [0.2, 0.25) is 10.0 Å². The molecule has 0 aliphatic heterocycles. The van der Waals surface area contributed by atoms with Crippen LogP contribution in [0.2, 0.25) is 0 Å². The fourth-order valence-corrected chi connectivity index (χ4v) is 3.51. The van der Waals surface area contributed by atoms with Crippen molar-refractivity contribution in [2.24, 2.45) is 0 Å². The van der Waals surface area contributed by atoms with Crippen LogP contribution >= 0.6 is 0 Å². The lowest BCUT2D eigenvalue weighted by Crippen LogP contribution is -2.25.